The molecule has 0 heterocycles. The number of carbonyl (C=O) groups excluding carboxylic acids is 2. The Bertz CT molecular complexity index is 966. The Morgan fingerprint density at radius 3 is 2.21 bits per heavy atom. The van der Waals surface area contributed by atoms with Crippen LogP contribution < -0.4 is 10.1 Å². The zero-order chi connectivity index (χ0) is 19.9. The van der Waals surface area contributed by atoms with Gasteiger partial charge in [-0.25, -0.2) is 4.79 Å². The normalized spacial score (nSPS) is 10.2. The van der Waals surface area contributed by atoms with E-state index in [1.54, 1.807) is 24.3 Å². The Balaban J connectivity index is 1.52. The van der Waals surface area contributed by atoms with Crippen LogP contribution in [0.1, 0.15) is 21.5 Å². The van der Waals surface area contributed by atoms with Crippen LogP contribution in [0.25, 0.3) is 0 Å². The quantitative estimate of drug-likeness (QED) is 0.623. The van der Waals surface area contributed by atoms with E-state index in [4.69, 9.17) is 9.47 Å². The highest BCUT2D eigenvalue weighted by atomic mass is 16.5. The lowest BCUT2D eigenvalue weighted by atomic mass is 10.1. The van der Waals surface area contributed by atoms with Crippen molar-refractivity contribution in [3.63, 3.8) is 0 Å². The van der Waals surface area contributed by atoms with Crippen molar-refractivity contribution in [2.75, 3.05) is 11.9 Å². The number of hydrogen-bond acceptors (Lipinski definition) is 4. The van der Waals surface area contributed by atoms with Gasteiger partial charge < -0.3 is 14.8 Å². The fourth-order valence-corrected chi connectivity index (χ4v) is 2.64. The molecule has 0 unspecified atom stereocenters. The predicted octanol–water partition coefficient (Wildman–Crippen LogP) is 4.89. The first kappa shape index (κ1) is 19.2. The summed E-state index contributed by atoms with van der Waals surface area (Å²) in [5.41, 5.74) is 3.11. The molecule has 3 aromatic carbocycles. The predicted molar refractivity (Wildman–Crippen MR) is 108 cm³/mol. The maximum atomic E-state index is 12.1. The molecular weight excluding hydrogens is 354 g/mol. The summed E-state index contributed by atoms with van der Waals surface area (Å²) < 4.78 is 10.8. The molecule has 0 saturated carbocycles. The van der Waals surface area contributed by atoms with Crippen LogP contribution in [0.4, 0.5) is 5.69 Å². The molecule has 1 amide bonds. The number of esters is 1. The number of rotatable bonds is 6. The van der Waals surface area contributed by atoms with E-state index in [1.165, 1.54) is 0 Å². The first-order chi connectivity index (χ1) is 13.5. The summed E-state index contributed by atoms with van der Waals surface area (Å²) in [4.78, 5) is 24.2. The molecule has 3 aromatic rings. The van der Waals surface area contributed by atoms with Gasteiger partial charge in [0.2, 0.25) is 0 Å². The lowest BCUT2D eigenvalue weighted by molar-refractivity contribution is -0.119. The zero-order valence-corrected chi connectivity index (χ0v) is 15.8. The molecule has 5 heteroatoms. The van der Waals surface area contributed by atoms with E-state index in [0.717, 1.165) is 11.1 Å². The Hall–Kier alpha value is -3.60. The standard InChI is InChI=1S/C23H21NO4/c1-16-8-13-21(17(2)14-16)24-22(25)15-27-23(26)18-9-11-20(12-10-18)28-19-6-4-3-5-7-19/h3-14H,15H2,1-2H3,(H,24,25). The number of para-hydroxylation sites is 1. The van der Waals surface area contributed by atoms with Gasteiger partial charge in [-0.1, -0.05) is 35.9 Å². The van der Waals surface area contributed by atoms with Gasteiger partial charge in [0.1, 0.15) is 11.5 Å². The van der Waals surface area contributed by atoms with Crippen LogP contribution in [-0.2, 0) is 9.53 Å². The minimum absolute atomic E-state index is 0.347. The van der Waals surface area contributed by atoms with E-state index >= 15 is 0 Å². The molecule has 0 radical (unpaired) electrons. The topological polar surface area (TPSA) is 64.6 Å². The zero-order valence-electron chi connectivity index (χ0n) is 15.8. The van der Waals surface area contributed by atoms with Crippen molar-refractivity contribution >= 4 is 17.6 Å². The second-order valence-corrected chi connectivity index (χ2v) is 6.38. The maximum absolute atomic E-state index is 12.1. The Morgan fingerprint density at radius 1 is 0.857 bits per heavy atom. The smallest absolute Gasteiger partial charge is 0.338 e. The number of aryl methyl sites for hydroxylation is 2. The highest BCUT2D eigenvalue weighted by Crippen LogP contribution is 2.21. The van der Waals surface area contributed by atoms with E-state index < -0.39 is 5.97 Å². The van der Waals surface area contributed by atoms with E-state index in [1.807, 2.05) is 62.4 Å². The molecule has 0 spiro atoms. The molecule has 0 aliphatic carbocycles. The number of hydrogen-bond donors (Lipinski definition) is 1. The first-order valence-electron chi connectivity index (χ1n) is 8.88. The molecule has 0 bridgehead atoms. The van der Waals surface area contributed by atoms with Gasteiger partial charge in [0.25, 0.3) is 5.91 Å². The second kappa shape index (κ2) is 8.86. The van der Waals surface area contributed by atoms with Gasteiger partial charge in [0.15, 0.2) is 6.61 Å². The van der Waals surface area contributed by atoms with Gasteiger partial charge in [-0.3, -0.25) is 4.79 Å². The first-order valence-corrected chi connectivity index (χ1v) is 8.88. The average molecular weight is 375 g/mol. The maximum Gasteiger partial charge on any atom is 0.338 e. The van der Waals surface area contributed by atoms with Crippen LogP contribution in [0.15, 0.2) is 72.8 Å². The fraction of sp³-hybridized carbons (Fsp3) is 0.130. The third-order valence-corrected chi connectivity index (χ3v) is 4.06. The van der Waals surface area contributed by atoms with Gasteiger partial charge >= 0.3 is 5.97 Å². The van der Waals surface area contributed by atoms with Crippen LogP contribution in [-0.4, -0.2) is 18.5 Å². The molecule has 142 valence electrons. The summed E-state index contributed by atoms with van der Waals surface area (Å²) in [6.07, 6.45) is 0. The minimum Gasteiger partial charge on any atom is -0.457 e. The van der Waals surface area contributed by atoms with Gasteiger partial charge in [-0.2, -0.15) is 0 Å². The highest BCUT2D eigenvalue weighted by Gasteiger charge is 2.11. The third kappa shape index (κ3) is 5.20. The van der Waals surface area contributed by atoms with Crippen molar-refractivity contribution in [3.8, 4) is 11.5 Å². The molecule has 0 aromatic heterocycles. The monoisotopic (exact) mass is 375 g/mol. The molecule has 1 N–H and O–H groups in total. The molecule has 0 atom stereocenters. The second-order valence-electron chi connectivity index (χ2n) is 6.38. The summed E-state index contributed by atoms with van der Waals surface area (Å²) in [6, 6.07) is 21.6. The van der Waals surface area contributed by atoms with Crippen molar-refractivity contribution in [2.24, 2.45) is 0 Å². The number of anilines is 1. The molecule has 0 saturated heterocycles. The van der Waals surface area contributed by atoms with Crippen LogP contribution in [0, 0.1) is 13.8 Å². The molecule has 3 rings (SSSR count). The largest absolute Gasteiger partial charge is 0.457 e. The Morgan fingerprint density at radius 2 is 1.54 bits per heavy atom. The molecule has 5 nitrogen and oxygen atoms in total. The molecule has 0 aliphatic rings. The molecular formula is C23H21NO4. The number of carbonyl (C=O) groups is 2. The summed E-state index contributed by atoms with van der Waals surface area (Å²) in [7, 11) is 0. The number of amides is 1. The van der Waals surface area contributed by atoms with Crippen LogP contribution in [0.5, 0.6) is 11.5 Å². The van der Waals surface area contributed by atoms with E-state index in [9.17, 15) is 9.59 Å². The van der Waals surface area contributed by atoms with Gasteiger partial charge in [-0.15, -0.1) is 0 Å². The summed E-state index contributed by atoms with van der Waals surface area (Å²) >= 11 is 0. The van der Waals surface area contributed by atoms with Crippen molar-refractivity contribution in [3.05, 3.63) is 89.5 Å². The minimum atomic E-state index is -0.568. The number of ether oxygens (including phenoxy) is 2. The van der Waals surface area contributed by atoms with Crippen molar-refractivity contribution < 1.29 is 19.1 Å². The van der Waals surface area contributed by atoms with Gasteiger partial charge in [-0.05, 0) is 61.9 Å². The molecule has 28 heavy (non-hydrogen) atoms. The highest BCUT2D eigenvalue weighted by molar-refractivity contribution is 5.96. The van der Waals surface area contributed by atoms with Crippen LogP contribution in [0.3, 0.4) is 0 Å². The van der Waals surface area contributed by atoms with Crippen LogP contribution >= 0.6 is 0 Å². The summed E-state index contributed by atoms with van der Waals surface area (Å²) in [5.74, 6) is 0.364. The van der Waals surface area contributed by atoms with Crippen molar-refractivity contribution in [1.29, 1.82) is 0 Å². The molecule has 0 fully saturated rings. The van der Waals surface area contributed by atoms with Gasteiger partial charge in [0.05, 0.1) is 5.56 Å². The number of nitrogens with one attached hydrogen (secondary N) is 1. The molecule has 0 aliphatic heterocycles. The summed E-state index contributed by atoms with van der Waals surface area (Å²) in [6.45, 7) is 3.54. The average Bonchev–Trinajstić information content (AvgIpc) is 2.70. The van der Waals surface area contributed by atoms with Crippen molar-refractivity contribution in [1.82, 2.24) is 0 Å². The van der Waals surface area contributed by atoms with Crippen LogP contribution in [0.2, 0.25) is 0 Å². The third-order valence-electron chi connectivity index (χ3n) is 4.06. The lowest BCUT2D eigenvalue weighted by Gasteiger charge is -2.10. The van der Waals surface area contributed by atoms with Crippen molar-refractivity contribution in [2.45, 2.75) is 13.8 Å². The lowest BCUT2D eigenvalue weighted by Crippen LogP contribution is -2.21. The Kier molecular flexibility index (Phi) is 6.07. The Labute approximate surface area is 163 Å². The van der Waals surface area contributed by atoms with E-state index in [0.29, 0.717) is 22.7 Å². The number of benzene rings is 3. The summed E-state index contributed by atoms with van der Waals surface area (Å²) in [5, 5.41) is 2.74. The van der Waals surface area contributed by atoms with E-state index in [-0.39, 0.29) is 12.5 Å². The fourth-order valence-electron chi connectivity index (χ4n) is 2.64. The van der Waals surface area contributed by atoms with Gasteiger partial charge in [0, 0.05) is 5.69 Å². The SMILES string of the molecule is Cc1ccc(NC(=O)COC(=O)c2ccc(Oc3ccccc3)cc2)c(C)c1. The van der Waals surface area contributed by atoms with E-state index in [2.05, 4.69) is 5.32 Å².